The Morgan fingerprint density at radius 3 is 2.55 bits per heavy atom. The average Bonchev–Trinajstić information content (AvgIpc) is 3.63. The molecule has 5 rings (SSSR count). The van der Waals surface area contributed by atoms with Gasteiger partial charge in [0.2, 0.25) is 0 Å². The molecule has 2 atom stereocenters. The summed E-state index contributed by atoms with van der Waals surface area (Å²) in [7, 11) is -4.67. The summed E-state index contributed by atoms with van der Waals surface area (Å²) >= 11 is 0. The number of benzene rings is 2. The Kier molecular flexibility index (Phi) is 6.88. The van der Waals surface area contributed by atoms with Crippen LogP contribution in [0.2, 0.25) is 0 Å². The molecule has 0 bridgehead atoms. The molecule has 4 aromatic rings. The Labute approximate surface area is 220 Å². The highest BCUT2D eigenvalue weighted by atomic mass is 32.2. The minimum Gasteiger partial charge on any atom is -0.470 e. The lowest BCUT2D eigenvalue weighted by Gasteiger charge is -2.30. The highest BCUT2D eigenvalue weighted by Gasteiger charge is 2.37. The van der Waals surface area contributed by atoms with Gasteiger partial charge in [-0.2, -0.15) is 0 Å². The van der Waals surface area contributed by atoms with Crippen molar-refractivity contribution in [3.05, 3.63) is 54.2 Å². The van der Waals surface area contributed by atoms with Gasteiger partial charge >= 0.3 is 7.82 Å². The van der Waals surface area contributed by atoms with Crippen LogP contribution in [0.15, 0.2) is 53.6 Å². The number of nitrogens with one attached hydrogen (secondary N) is 1. The molecule has 1 fully saturated rings. The van der Waals surface area contributed by atoms with Crippen LogP contribution in [0.25, 0.3) is 33.1 Å². The second kappa shape index (κ2) is 9.75. The second-order valence-corrected chi connectivity index (χ2v) is 13.4. The summed E-state index contributed by atoms with van der Waals surface area (Å²) < 4.78 is 48.5. The van der Waals surface area contributed by atoms with Crippen molar-refractivity contribution in [3.8, 4) is 16.9 Å². The molecule has 0 spiro atoms. The molecule has 1 aliphatic carbocycles. The van der Waals surface area contributed by atoms with Crippen molar-refractivity contribution in [1.82, 2.24) is 14.9 Å². The maximum Gasteiger partial charge on any atom is 0.470 e. The molecular formula is C26H30N3O7PS. The first-order valence-corrected chi connectivity index (χ1v) is 15.3. The molecule has 38 heavy (non-hydrogen) atoms. The normalized spacial score (nSPS) is 16.3. The van der Waals surface area contributed by atoms with Crippen LogP contribution >= 0.6 is 7.82 Å². The molecule has 1 aliphatic rings. The topological polar surface area (TPSA) is 142 Å². The maximum absolute atomic E-state index is 12.9. The van der Waals surface area contributed by atoms with E-state index in [2.05, 4.69) is 9.97 Å². The van der Waals surface area contributed by atoms with E-state index in [-0.39, 0.29) is 5.25 Å². The van der Waals surface area contributed by atoms with E-state index in [0.29, 0.717) is 34.7 Å². The molecular weight excluding hydrogens is 529 g/mol. The lowest BCUT2D eigenvalue weighted by molar-refractivity contribution is -0.0326. The molecule has 10 nitrogen and oxygen atoms in total. The Balaban J connectivity index is 1.66. The standard InChI is InChI=1S/C26H30N3O7PS/c1-15-12-21-23-20(17-6-5-7-19(13-17)38(33,34)18-8-9-18)10-11-22(24(23)28-25(21)27-14-15)35-26(29(3)4)16(2)36-37(30,31)32/h5-7,10-14,16,18,26H,8-9H2,1-4H3,(H,27,28)(H2,30,31,32)/t16?,26-/m0/s1. The van der Waals surface area contributed by atoms with Crippen molar-refractivity contribution >= 4 is 39.6 Å². The van der Waals surface area contributed by atoms with E-state index in [9.17, 15) is 22.8 Å². The van der Waals surface area contributed by atoms with Crippen LogP contribution < -0.4 is 4.74 Å². The lowest BCUT2D eigenvalue weighted by atomic mass is 9.99. The van der Waals surface area contributed by atoms with Gasteiger partial charge in [-0.3, -0.25) is 9.42 Å². The number of aromatic amines is 1. The fraction of sp³-hybridized carbons (Fsp3) is 0.346. The fourth-order valence-electron chi connectivity index (χ4n) is 4.74. The first-order valence-electron chi connectivity index (χ1n) is 12.2. The third-order valence-electron chi connectivity index (χ3n) is 6.60. The smallest absolute Gasteiger partial charge is 0.470 e. The predicted molar refractivity (Wildman–Crippen MR) is 145 cm³/mol. The van der Waals surface area contributed by atoms with Gasteiger partial charge in [0.1, 0.15) is 17.5 Å². The molecule has 2 heterocycles. The first kappa shape index (κ1) is 26.8. The Bertz CT molecular complexity index is 1680. The van der Waals surface area contributed by atoms with Crippen molar-refractivity contribution in [2.24, 2.45) is 0 Å². The minimum atomic E-state index is -4.74. The van der Waals surface area contributed by atoms with E-state index in [4.69, 9.17) is 9.26 Å². The summed E-state index contributed by atoms with van der Waals surface area (Å²) in [5.41, 5.74) is 3.76. The van der Waals surface area contributed by atoms with E-state index < -0.39 is 30.0 Å². The highest BCUT2D eigenvalue weighted by Crippen LogP contribution is 2.42. The van der Waals surface area contributed by atoms with Crippen LogP contribution in [-0.2, 0) is 18.9 Å². The zero-order chi connectivity index (χ0) is 27.4. The van der Waals surface area contributed by atoms with Gasteiger partial charge < -0.3 is 19.5 Å². The number of sulfone groups is 1. The number of phosphoric acid groups is 1. The maximum atomic E-state index is 12.9. The van der Waals surface area contributed by atoms with Crippen LogP contribution in [0, 0.1) is 6.92 Å². The number of nitrogens with zero attached hydrogens (tertiary/aromatic N) is 2. The van der Waals surface area contributed by atoms with Crippen LogP contribution in [-0.4, -0.2) is 64.7 Å². The van der Waals surface area contributed by atoms with Gasteiger partial charge in [0, 0.05) is 17.0 Å². The largest absolute Gasteiger partial charge is 0.470 e. The van der Waals surface area contributed by atoms with Gasteiger partial charge in [0.05, 0.1) is 15.7 Å². The SMILES string of the molecule is Cc1cnc2[nH]c3c(O[C@@H](C(C)OP(=O)(O)O)N(C)C)ccc(-c4cccc(S(=O)(=O)C5CC5)c4)c3c2c1. The molecule has 2 aromatic heterocycles. The van der Waals surface area contributed by atoms with E-state index in [0.717, 1.165) is 27.5 Å². The summed E-state index contributed by atoms with van der Waals surface area (Å²) in [6, 6.07) is 12.6. The molecule has 0 aliphatic heterocycles. The minimum absolute atomic E-state index is 0.302. The number of ether oxygens (including phenoxy) is 1. The average molecular weight is 560 g/mol. The van der Waals surface area contributed by atoms with E-state index in [1.807, 2.05) is 25.1 Å². The third kappa shape index (κ3) is 5.22. The van der Waals surface area contributed by atoms with Gasteiger partial charge in [0.15, 0.2) is 16.1 Å². The van der Waals surface area contributed by atoms with Gasteiger partial charge in [-0.15, -0.1) is 0 Å². The number of aryl methyl sites for hydroxylation is 1. The van der Waals surface area contributed by atoms with Crippen molar-refractivity contribution in [2.75, 3.05) is 14.1 Å². The van der Waals surface area contributed by atoms with E-state index in [1.54, 1.807) is 49.5 Å². The summed E-state index contributed by atoms with van der Waals surface area (Å²) in [5.74, 6) is 0.432. The van der Waals surface area contributed by atoms with Gasteiger partial charge in [0.25, 0.3) is 0 Å². The summed E-state index contributed by atoms with van der Waals surface area (Å²) in [6.07, 6.45) is 1.33. The zero-order valence-electron chi connectivity index (χ0n) is 21.5. The molecule has 0 radical (unpaired) electrons. The third-order valence-corrected chi connectivity index (χ3v) is 9.47. The summed E-state index contributed by atoms with van der Waals surface area (Å²) in [4.78, 5) is 28.5. The highest BCUT2D eigenvalue weighted by molar-refractivity contribution is 7.92. The fourth-order valence-corrected chi connectivity index (χ4v) is 6.97. The van der Waals surface area contributed by atoms with Crippen molar-refractivity contribution in [2.45, 2.75) is 49.2 Å². The Morgan fingerprint density at radius 2 is 1.89 bits per heavy atom. The monoisotopic (exact) mass is 559 g/mol. The van der Waals surface area contributed by atoms with Gasteiger partial charge in [-0.25, -0.2) is 18.0 Å². The molecule has 0 saturated heterocycles. The molecule has 0 amide bonds. The number of hydrogen-bond donors (Lipinski definition) is 3. The molecule has 202 valence electrons. The van der Waals surface area contributed by atoms with Gasteiger partial charge in [-0.05, 0) is 87.8 Å². The zero-order valence-corrected chi connectivity index (χ0v) is 23.2. The van der Waals surface area contributed by atoms with E-state index in [1.165, 1.54) is 6.92 Å². The van der Waals surface area contributed by atoms with Crippen LogP contribution in [0.5, 0.6) is 5.75 Å². The van der Waals surface area contributed by atoms with Gasteiger partial charge in [-0.1, -0.05) is 12.1 Å². The van der Waals surface area contributed by atoms with Crippen molar-refractivity contribution in [3.63, 3.8) is 0 Å². The number of fused-ring (bicyclic) bond motifs is 3. The van der Waals surface area contributed by atoms with Crippen LogP contribution in [0.3, 0.4) is 0 Å². The van der Waals surface area contributed by atoms with Crippen molar-refractivity contribution in [1.29, 1.82) is 0 Å². The van der Waals surface area contributed by atoms with E-state index >= 15 is 0 Å². The molecule has 12 heteroatoms. The quantitative estimate of drug-likeness (QED) is 0.201. The number of phosphoric ester groups is 1. The number of rotatable bonds is 9. The second-order valence-electron chi connectivity index (χ2n) is 9.94. The number of aromatic nitrogens is 2. The summed E-state index contributed by atoms with van der Waals surface area (Å²) in [6.45, 7) is 3.47. The number of hydrogen-bond acceptors (Lipinski definition) is 7. The predicted octanol–water partition coefficient (Wildman–Crippen LogP) is 4.39. The molecule has 1 saturated carbocycles. The first-order chi connectivity index (χ1) is 17.8. The molecule has 2 aromatic carbocycles. The lowest BCUT2D eigenvalue weighted by Crippen LogP contribution is -2.43. The Morgan fingerprint density at radius 1 is 1.16 bits per heavy atom. The number of likely N-dealkylation sites (N-methyl/N-ethyl adjacent to an activating group) is 1. The Hall–Kier alpha value is -2.79. The molecule has 1 unspecified atom stereocenters. The number of H-pyrrole nitrogens is 1. The summed E-state index contributed by atoms with van der Waals surface area (Å²) in [5, 5.41) is 1.33. The van der Waals surface area contributed by atoms with Crippen LogP contribution in [0.4, 0.5) is 0 Å². The number of pyridine rings is 1. The van der Waals surface area contributed by atoms with Crippen molar-refractivity contribution < 1.29 is 32.0 Å². The molecule has 3 N–H and O–H groups in total. The van der Waals surface area contributed by atoms with Crippen LogP contribution in [0.1, 0.15) is 25.3 Å².